The van der Waals surface area contributed by atoms with Crippen molar-refractivity contribution in [3.8, 4) is 17.9 Å². The zero-order chi connectivity index (χ0) is 12.8. The Kier molecular flexibility index (Phi) is 4.19. The maximum atomic E-state index is 12.9. The second kappa shape index (κ2) is 5.62. The monoisotopic (exact) mass is 235 g/mol. The van der Waals surface area contributed by atoms with Crippen molar-refractivity contribution < 1.29 is 18.3 Å². The molecule has 0 aliphatic rings. The van der Waals surface area contributed by atoms with Crippen molar-refractivity contribution in [3.63, 3.8) is 0 Å². The molecule has 0 fully saturated rings. The van der Waals surface area contributed by atoms with Crippen LogP contribution in [0.1, 0.15) is 17.5 Å². The van der Waals surface area contributed by atoms with Gasteiger partial charge in [0.15, 0.2) is 11.6 Å². The van der Waals surface area contributed by atoms with Gasteiger partial charge < -0.3 is 4.74 Å². The van der Waals surface area contributed by atoms with Gasteiger partial charge in [-0.2, -0.15) is 5.26 Å². The number of methoxy groups -OCH3 is 1. The smallest absolute Gasteiger partial charge is 0.317 e. The highest BCUT2D eigenvalue weighted by molar-refractivity contribution is 5.72. The van der Waals surface area contributed by atoms with Crippen molar-refractivity contribution in [1.82, 2.24) is 0 Å². The predicted octanol–water partition coefficient (Wildman–Crippen LogP) is 1.75. The molecule has 0 radical (unpaired) electrons. The molecule has 0 N–H and O–H groups in total. The number of rotatable bonds is 1. The number of nitrogens with zero attached hydrogens (tertiary/aromatic N) is 1. The highest BCUT2D eigenvalue weighted by Crippen LogP contribution is 2.13. The molecule has 0 saturated carbocycles. The lowest BCUT2D eigenvalue weighted by molar-refractivity contribution is -0.139. The van der Waals surface area contributed by atoms with Gasteiger partial charge in [-0.3, -0.25) is 4.79 Å². The molecule has 3 nitrogen and oxygen atoms in total. The molecular weight excluding hydrogens is 228 g/mol. The minimum Gasteiger partial charge on any atom is -0.468 e. The quantitative estimate of drug-likeness (QED) is 0.550. The third kappa shape index (κ3) is 3.29. The molecule has 0 aromatic heterocycles. The van der Waals surface area contributed by atoms with E-state index in [1.54, 1.807) is 6.07 Å². The summed E-state index contributed by atoms with van der Waals surface area (Å²) in [6.07, 6.45) is -0.180. The van der Waals surface area contributed by atoms with E-state index >= 15 is 0 Å². The summed E-state index contributed by atoms with van der Waals surface area (Å²) in [6.45, 7) is 0. The van der Waals surface area contributed by atoms with E-state index in [0.29, 0.717) is 0 Å². The van der Waals surface area contributed by atoms with Gasteiger partial charge in [-0.05, 0) is 12.1 Å². The van der Waals surface area contributed by atoms with Crippen LogP contribution in [0.4, 0.5) is 8.78 Å². The number of benzene rings is 1. The second-order valence-electron chi connectivity index (χ2n) is 2.98. The minimum atomic E-state index is -1.11. The SMILES string of the molecule is COC(=O)CC#Cc1cc(F)c(F)cc1C#N. The highest BCUT2D eigenvalue weighted by Gasteiger charge is 2.07. The van der Waals surface area contributed by atoms with E-state index in [-0.39, 0.29) is 17.5 Å². The molecule has 86 valence electrons. The Morgan fingerprint density at radius 3 is 2.47 bits per heavy atom. The second-order valence-corrected chi connectivity index (χ2v) is 2.98. The molecule has 0 heterocycles. The molecule has 0 spiro atoms. The van der Waals surface area contributed by atoms with Crippen molar-refractivity contribution in [1.29, 1.82) is 5.26 Å². The van der Waals surface area contributed by atoms with Crippen molar-refractivity contribution in [2.45, 2.75) is 6.42 Å². The van der Waals surface area contributed by atoms with Crippen LogP contribution in [0.3, 0.4) is 0 Å². The molecule has 0 amide bonds. The van der Waals surface area contributed by atoms with Gasteiger partial charge in [0.1, 0.15) is 12.5 Å². The Morgan fingerprint density at radius 2 is 1.94 bits per heavy atom. The van der Waals surface area contributed by atoms with Gasteiger partial charge in [-0.1, -0.05) is 11.8 Å². The fourth-order valence-corrected chi connectivity index (χ4v) is 1.03. The number of carbonyl (C=O) groups is 1. The van der Waals surface area contributed by atoms with E-state index in [2.05, 4.69) is 16.6 Å². The number of nitriles is 1. The standard InChI is InChI=1S/C12H7F2NO2/c1-17-12(16)4-2-3-8-5-10(13)11(14)6-9(8)7-15/h5-6H,4H2,1H3. The van der Waals surface area contributed by atoms with E-state index in [1.165, 1.54) is 7.11 Å². The molecule has 0 aliphatic heterocycles. The number of carbonyl (C=O) groups excluding carboxylic acids is 1. The first kappa shape index (κ1) is 12.7. The first-order chi connectivity index (χ1) is 8.08. The summed E-state index contributed by atoms with van der Waals surface area (Å²) >= 11 is 0. The van der Waals surface area contributed by atoms with Crippen LogP contribution in [-0.4, -0.2) is 13.1 Å². The Hall–Kier alpha value is -2.40. The van der Waals surface area contributed by atoms with Crippen molar-refractivity contribution in [2.75, 3.05) is 7.11 Å². The van der Waals surface area contributed by atoms with Crippen LogP contribution in [0.25, 0.3) is 0 Å². The van der Waals surface area contributed by atoms with Crippen LogP contribution in [0, 0.1) is 34.8 Å². The Labute approximate surface area is 96.6 Å². The van der Waals surface area contributed by atoms with Crippen molar-refractivity contribution in [3.05, 3.63) is 34.9 Å². The summed E-state index contributed by atoms with van der Waals surface area (Å²) < 4.78 is 30.1. The Balaban J connectivity index is 3.02. The third-order valence-corrected chi connectivity index (χ3v) is 1.86. The molecule has 5 heteroatoms. The average molecular weight is 235 g/mol. The Bertz CT molecular complexity index is 550. The van der Waals surface area contributed by atoms with Gasteiger partial charge in [0.05, 0.1) is 12.7 Å². The maximum Gasteiger partial charge on any atom is 0.317 e. The number of hydrogen-bond acceptors (Lipinski definition) is 3. The Morgan fingerprint density at radius 1 is 1.35 bits per heavy atom. The zero-order valence-corrected chi connectivity index (χ0v) is 8.88. The predicted molar refractivity (Wildman–Crippen MR) is 54.6 cm³/mol. The lowest BCUT2D eigenvalue weighted by Gasteiger charge is -1.97. The van der Waals surface area contributed by atoms with Crippen LogP contribution >= 0.6 is 0 Å². The number of ether oxygens (including phenoxy) is 1. The zero-order valence-electron chi connectivity index (χ0n) is 8.88. The molecule has 17 heavy (non-hydrogen) atoms. The fourth-order valence-electron chi connectivity index (χ4n) is 1.03. The largest absolute Gasteiger partial charge is 0.468 e. The molecule has 0 bridgehead atoms. The van der Waals surface area contributed by atoms with Crippen molar-refractivity contribution in [2.24, 2.45) is 0 Å². The first-order valence-corrected chi connectivity index (χ1v) is 4.53. The van der Waals surface area contributed by atoms with Gasteiger partial charge in [-0.15, -0.1) is 0 Å². The molecule has 1 aromatic rings. The highest BCUT2D eigenvalue weighted by atomic mass is 19.2. The number of hydrogen-bond donors (Lipinski definition) is 0. The van der Waals surface area contributed by atoms with E-state index in [9.17, 15) is 13.6 Å². The maximum absolute atomic E-state index is 12.9. The number of halogens is 2. The third-order valence-electron chi connectivity index (χ3n) is 1.86. The fraction of sp³-hybridized carbons (Fsp3) is 0.167. The van der Waals surface area contributed by atoms with Crippen LogP contribution in [0.2, 0.25) is 0 Å². The lowest BCUT2D eigenvalue weighted by Crippen LogP contribution is -1.97. The number of esters is 1. The molecule has 0 aliphatic carbocycles. The molecular formula is C12H7F2NO2. The summed E-state index contributed by atoms with van der Waals surface area (Å²) in [4.78, 5) is 10.8. The van der Waals surface area contributed by atoms with E-state index in [1.807, 2.05) is 0 Å². The van der Waals surface area contributed by atoms with E-state index in [4.69, 9.17) is 5.26 Å². The van der Waals surface area contributed by atoms with Gasteiger partial charge in [-0.25, -0.2) is 8.78 Å². The normalized spacial score (nSPS) is 8.82. The summed E-state index contributed by atoms with van der Waals surface area (Å²) in [5.74, 6) is 2.08. The lowest BCUT2D eigenvalue weighted by atomic mass is 10.1. The van der Waals surface area contributed by atoms with Gasteiger partial charge in [0.2, 0.25) is 0 Å². The average Bonchev–Trinajstić information content (AvgIpc) is 2.32. The molecule has 0 atom stereocenters. The van der Waals surface area contributed by atoms with Gasteiger partial charge >= 0.3 is 5.97 Å². The van der Waals surface area contributed by atoms with Gasteiger partial charge in [0.25, 0.3) is 0 Å². The molecule has 0 saturated heterocycles. The summed E-state index contributed by atoms with van der Waals surface area (Å²) in [5.41, 5.74) is -0.0448. The topological polar surface area (TPSA) is 50.1 Å². The van der Waals surface area contributed by atoms with E-state index < -0.39 is 17.6 Å². The summed E-state index contributed by atoms with van der Waals surface area (Å²) in [5, 5.41) is 8.69. The van der Waals surface area contributed by atoms with Crippen LogP contribution < -0.4 is 0 Å². The van der Waals surface area contributed by atoms with Gasteiger partial charge in [0, 0.05) is 5.56 Å². The van der Waals surface area contributed by atoms with Crippen LogP contribution in [0.15, 0.2) is 12.1 Å². The first-order valence-electron chi connectivity index (χ1n) is 4.53. The summed E-state index contributed by atoms with van der Waals surface area (Å²) in [6, 6.07) is 3.27. The summed E-state index contributed by atoms with van der Waals surface area (Å²) in [7, 11) is 1.21. The van der Waals surface area contributed by atoms with Crippen LogP contribution in [-0.2, 0) is 9.53 Å². The van der Waals surface area contributed by atoms with Crippen LogP contribution in [0.5, 0.6) is 0 Å². The molecule has 0 unspecified atom stereocenters. The van der Waals surface area contributed by atoms with E-state index in [0.717, 1.165) is 12.1 Å². The molecule has 1 rings (SSSR count). The minimum absolute atomic E-state index is 0.0373. The van der Waals surface area contributed by atoms with Crippen molar-refractivity contribution >= 4 is 5.97 Å². The molecule has 1 aromatic carbocycles.